The van der Waals surface area contributed by atoms with Crippen LogP contribution in [0.5, 0.6) is 0 Å². The second-order valence-electron chi connectivity index (χ2n) is 6.99. The van der Waals surface area contributed by atoms with Gasteiger partial charge in [0.05, 0.1) is 11.9 Å². The summed E-state index contributed by atoms with van der Waals surface area (Å²) in [6, 6.07) is 15.3. The molecule has 0 amide bonds. The van der Waals surface area contributed by atoms with Gasteiger partial charge < -0.3 is 11.1 Å². The lowest BCUT2D eigenvalue weighted by atomic mass is 10.0. The summed E-state index contributed by atoms with van der Waals surface area (Å²) < 4.78 is 25.0. The van der Waals surface area contributed by atoms with Gasteiger partial charge in [-0.05, 0) is 49.1 Å². The zero-order valence-electron chi connectivity index (χ0n) is 16.7. The van der Waals surface area contributed by atoms with Crippen LogP contribution < -0.4 is 15.8 Å². The molecule has 2 aromatic carbocycles. The van der Waals surface area contributed by atoms with Crippen molar-refractivity contribution < 1.29 is 8.42 Å². The van der Waals surface area contributed by atoms with Crippen LogP contribution in [0.15, 0.2) is 48.5 Å². The van der Waals surface area contributed by atoms with Gasteiger partial charge in [-0.15, -0.1) is 0 Å². The first-order valence-electron chi connectivity index (χ1n) is 9.23. The van der Waals surface area contributed by atoms with Crippen LogP contribution in [0.4, 0.5) is 17.5 Å². The minimum absolute atomic E-state index is 0.224. The lowest BCUT2D eigenvalue weighted by Gasteiger charge is -2.11. The quantitative estimate of drug-likeness (QED) is 0.550. The van der Waals surface area contributed by atoms with E-state index in [-0.39, 0.29) is 5.95 Å². The number of sulfonamides is 1. The van der Waals surface area contributed by atoms with E-state index in [1.807, 2.05) is 30.3 Å². The summed E-state index contributed by atoms with van der Waals surface area (Å²) in [5.74, 6) is 0.894. The zero-order valence-corrected chi connectivity index (χ0v) is 17.5. The van der Waals surface area contributed by atoms with E-state index in [1.165, 1.54) is 11.1 Å². The fraction of sp³-hybridized carbons (Fsp3) is 0.238. The van der Waals surface area contributed by atoms with Crippen LogP contribution in [0.2, 0.25) is 0 Å². The highest BCUT2D eigenvalue weighted by Crippen LogP contribution is 2.26. The Morgan fingerprint density at radius 1 is 1.03 bits per heavy atom. The van der Waals surface area contributed by atoms with Crippen molar-refractivity contribution in [2.24, 2.45) is 0 Å². The molecule has 0 bridgehead atoms. The number of hydrogen-bond donors (Lipinski definition) is 3. The predicted molar refractivity (Wildman–Crippen MR) is 118 cm³/mol. The number of aryl methyl sites for hydroxylation is 1. The number of nitrogen functional groups attached to an aromatic ring is 1. The maximum Gasteiger partial charge on any atom is 0.229 e. The highest BCUT2D eigenvalue weighted by Gasteiger charge is 2.09. The van der Waals surface area contributed by atoms with E-state index >= 15 is 0 Å². The Labute approximate surface area is 171 Å². The number of nitrogens with one attached hydrogen (secondary N) is 2. The third-order valence-corrected chi connectivity index (χ3v) is 5.21. The molecule has 0 aliphatic carbocycles. The van der Waals surface area contributed by atoms with Crippen LogP contribution in [0.3, 0.4) is 0 Å². The first kappa shape index (κ1) is 20.6. The molecular formula is C21H25N5O2S. The number of aromatic nitrogens is 2. The summed E-state index contributed by atoms with van der Waals surface area (Å²) >= 11 is 0. The molecule has 8 heteroatoms. The minimum Gasteiger partial charge on any atom is -0.370 e. The van der Waals surface area contributed by atoms with Crippen molar-refractivity contribution in [3.8, 4) is 11.3 Å². The van der Waals surface area contributed by atoms with Gasteiger partial charge >= 0.3 is 0 Å². The molecule has 0 saturated carbocycles. The van der Waals surface area contributed by atoms with Crippen molar-refractivity contribution in [3.63, 3.8) is 0 Å². The molecule has 0 fully saturated rings. The van der Waals surface area contributed by atoms with E-state index in [9.17, 15) is 8.42 Å². The Balaban J connectivity index is 1.67. The van der Waals surface area contributed by atoms with Crippen molar-refractivity contribution >= 4 is 27.5 Å². The Morgan fingerprint density at radius 3 is 2.45 bits per heavy atom. The van der Waals surface area contributed by atoms with Gasteiger partial charge in [-0.1, -0.05) is 30.3 Å². The van der Waals surface area contributed by atoms with Gasteiger partial charge in [-0.2, -0.15) is 4.98 Å². The second kappa shape index (κ2) is 8.48. The predicted octanol–water partition coefficient (Wildman–Crippen LogP) is 3.37. The van der Waals surface area contributed by atoms with Crippen molar-refractivity contribution in [1.82, 2.24) is 9.97 Å². The maximum atomic E-state index is 11.3. The summed E-state index contributed by atoms with van der Waals surface area (Å²) in [6.45, 7) is 4.79. The Kier molecular flexibility index (Phi) is 6.03. The van der Waals surface area contributed by atoms with Crippen LogP contribution in [0, 0.1) is 13.8 Å². The lowest BCUT2D eigenvalue weighted by molar-refractivity contribution is 0.607. The number of anilines is 3. The third kappa shape index (κ3) is 5.68. The topological polar surface area (TPSA) is 110 Å². The van der Waals surface area contributed by atoms with Crippen molar-refractivity contribution in [2.45, 2.75) is 20.3 Å². The number of hydrogen-bond acceptors (Lipinski definition) is 6. The fourth-order valence-corrected chi connectivity index (χ4v) is 3.58. The van der Waals surface area contributed by atoms with E-state index < -0.39 is 10.0 Å². The molecule has 0 unspecified atom stereocenters. The summed E-state index contributed by atoms with van der Waals surface area (Å²) in [7, 11) is -3.27. The van der Waals surface area contributed by atoms with Crippen LogP contribution in [-0.2, 0) is 16.4 Å². The van der Waals surface area contributed by atoms with Crippen LogP contribution in [0.25, 0.3) is 11.3 Å². The van der Waals surface area contributed by atoms with Crippen molar-refractivity contribution in [2.75, 3.05) is 28.6 Å². The molecule has 0 spiro atoms. The van der Waals surface area contributed by atoms with E-state index in [4.69, 9.17) is 5.73 Å². The Hall–Kier alpha value is -3.13. The van der Waals surface area contributed by atoms with Gasteiger partial charge in [0.1, 0.15) is 5.82 Å². The average molecular weight is 412 g/mol. The average Bonchev–Trinajstić information content (AvgIpc) is 2.64. The van der Waals surface area contributed by atoms with E-state index in [0.717, 1.165) is 29.5 Å². The summed E-state index contributed by atoms with van der Waals surface area (Å²) in [6.07, 6.45) is 1.88. The molecule has 0 saturated heterocycles. The molecule has 7 nitrogen and oxygen atoms in total. The molecule has 0 aliphatic rings. The lowest BCUT2D eigenvalue weighted by Crippen LogP contribution is -2.10. The fourth-order valence-electron chi connectivity index (χ4n) is 3.01. The number of rotatable bonds is 7. The van der Waals surface area contributed by atoms with Gasteiger partial charge in [0, 0.05) is 23.9 Å². The van der Waals surface area contributed by atoms with Gasteiger partial charge in [-0.3, -0.25) is 4.72 Å². The van der Waals surface area contributed by atoms with Gasteiger partial charge in [0.2, 0.25) is 16.0 Å². The molecule has 152 valence electrons. The number of nitrogens with two attached hydrogens (primary N) is 1. The normalized spacial score (nSPS) is 11.3. The van der Waals surface area contributed by atoms with E-state index in [2.05, 4.69) is 39.9 Å². The first-order valence-corrected chi connectivity index (χ1v) is 11.1. The number of benzene rings is 2. The maximum absolute atomic E-state index is 11.3. The van der Waals surface area contributed by atoms with Crippen molar-refractivity contribution in [3.05, 3.63) is 65.2 Å². The first-order chi connectivity index (χ1) is 13.7. The van der Waals surface area contributed by atoms with Crippen LogP contribution in [-0.4, -0.2) is 31.2 Å². The molecule has 3 aromatic rings. The van der Waals surface area contributed by atoms with Crippen LogP contribution in [0.1, 0.15) is 16.7 Å². The molecule has 3 rings (SSSR count). The monoisotopic (exact) mass is 411 g/mol. The molecular weight excluding hydrogens is 386 g/mol. The van der Waals surface area contributed by atoms with Crippen LogP contribution >= 0.6 is 0 Å². The Morgan fingerprint density at radius 2 is 1.76 bits per heavy atom. The highest BCUT2D eigenvalue weighted by atomic mass is 32.2. The molecule has 0 aliphatic heterocycles. The molecule has 1 heterocycles. The zero-order chi connectivity index (χ0) is 21.0. The Bertz CT molecular complexity index is 1110. The van der Waals surface area contributed by atoms with Gasteiger partial charge in [-0.25, -0.2) is 13.4 Å². The van der Waals surface area contributed by atoms with E-state index in [0.29, 0.717) is 18.1 Å². The molecule has 4 N–H and O–H groups in total. The molecule has 0 radical (unpaired) electrons. The standard InChI is InChI=1S/C21H25N5O2S/c1-14-5-4-6-18(15(14)2)19-13-20(25-21(22)24-19)23-12-11-16-7-9-17(10-8-16)26-29(3,27)28/h4-10,13,26H,11-12H2,1-3H3,(H3,22,23,24,25). The minimum atomic E-state index is -3.27. The van der Waals surface area contributed by atoms with Crippen molar-refractivity contribution in [1.29, 1.82) is 0 Å². The second-order valence-corrected chi connectivity index (χ2v) is 8.74. The third-order valence-electron chi connectivity index (χ3n) is 4.60. The highest BCUT2D eigenvalue weighted by molar-refractivity contribution is 7.92. The van der Waals surface area contributed by atoms with Gasteiger partial charge in [0.25, 0.3) is 0 Å². The largest absolute Gasteiger partial charge is 0.370 e. The molecule has 1 aromatic heterocycles. The summed E-state index contributed by atoms with van der Waals surface area (Å²) in [5.41, 5.74) is 11.7. The molecule has 0 atom stereocenters. The SMILES string of the molecule is Cc1cccc(-c2cc(NCCc3ccc(NS(C)(=O)=O)cc3)nc(N)n2)c1C. The van der Waals surface area contributed by atoms with E-state index in [1.54, 1.807) is 12.1 Å². The smallest absolute Gasteiger partial charge is 0.229 e. The summed E-state index contributed by atoms with van der Waals surface area (Å²) in [4.78, 5) is 8.66. The molecule has 29 heavy (non-hydrogen) atoms. The summed E-state index contributed by atoms with van der Waals surface area (Å²) in [5, 5.41) is 3.29. The number of nitrogens with zero attached hydrogens (tertiary/aromatic N) is 2. The van der Waals surface area contributed by atoms with Gasteiger partial charge in [0.15, 0.2) is 0 Å².